The lowest BCUT2D eigenvalue weighted by Crippen LogP contribution is -2.30. The second-order valence-electron chi connectivity index (χ2n) is 5.67. The number of hydrogen-bond acceptors (Lipinski definition) is 2. The van der Waals surface area contributed by atoms with Crippen LogP contribution >= 0.6 is 23.4 Å². The van der Waals surface area contributed by atoms with Gasteiger partial charge in [0.2, 0.25) is 0 Å². The zero-order valence-electron chi connectivity index (χ0n) is 14.1. The first-order valence-electron chi connectivity index (χ1n) is 8.32. The molecule has 0 atom stereocenters. The molecule has 3 nitrogen and oxygen atoms in total. The normalized spacial score (nSPS) is 10.3. The second-order valence-corrected chi connectivity index (χ2v) is 7.22. The number of carbonyl (C=O) groups is 1. The summed E-state index contributed by atoms with van der Waals surface area (Å²) >= 11 is 7.50. The van der Waals surface area contributed by atoms with Gasteiger partial charge in [-0.2, -0.15) is 0 Å². The van der Waals surface area contributed by atoms with Crippen LogP contribution in [0.25, 0.3) is 0 Å². The number of nitrogens with one attached hydrogen (secondary N) is 2. The molecule has 2 N–H and O–H groups in total. The number of hydrogen-bond donors (Lipinski definition) is 2. The highest BCUT2D eigenvalue weighted by atomic mass is 35.5. The minimum Gasteiger partial charge on any atom is -0.338 e. The molecule has 0 aromatic heterocycles. The summed E-state index contributed by atoms with van der Waals surface area (Å²) in [5.74, 6) is 0. The minimum absolute atomic E-state index is 0.208. The fourth-order valence-electron chi connectivity index (χ4n) is 2.41. The van der Waals surface area contributed by atoms with Gasteiger partial charge < -0.3 is 10.6 Å². The molecule has 0 saturated heterocycles. The molecule has 0 radical (unpaired) electrons. The number of rotatable bonds is 6. The third kappa shape index (κ3) is 5.55. The van der Waals surface area contributed by atoms with Gasteiger partial charge in [-0.15, -0.1) is 0 Å². The summed E-state index contributed by atoms with van der Waals surface area (Å²) < 4.78 is 0. The van der Waals surface area contributed by atoms with Crippen LogP contribution in [0.2, 0.25) is 5.02 Å². The lowest BCUT2D eigenvalue weighted by Gasteiger charge is -2.12. The molecule has 0 saturated carbocycles. The molecule has 3 aromatic rings. The van der Waals surface area contributed by atoms with Crippen LogP contribution in [0.15, 0.2) is 88.7 Å². The quantitative estimate of drug-likeness (QED) is 0.561. The number of amides is 2. The zero-order valence-corrected chi connectivity index (χ0v) is 15.7. The molecule has 0 aliphatic carbocycles. The van der Waals surface area contributed by atoms with Crippen molar-refractivity contribution in [1.29, 1.82) is 0 Å². The number of para-hydroxylation sites is 1. The van der Waals surface area contributed by atoms with Gasteiger partial charge in [-0.05, 0) is 48.4 Å². The number of urea groups is 1. The van der Waals surface area contributed by atoms with Crippen molar-refractivity contribution in [3.05, 3.63) is 89.4 Å². The number of benzene rings is 3. The zero-order chi connectivity index (χ0) is 18.2. The fraction of sp³-hybridized carbons (Fsp3) is 0.0952. The summed E-state index contributed by atoms with van der Waals surface area (Å²) in [4.78, 5) is 14.3. The maximum Gasteiger partial charge on any atom is 0.319 e. The van der Waals surface area contributed by atoms with Crippen molar-refractivity contribution in [2.75, 3.05) is 11.9 Å². The Morgan fingerprint density at radius 3 is 2.35 bits per heavy atom. The molecule has 0 unspecified atom stereocenters. The average Bonchev–Trinajstić information content (AvgIpc) is 2.66. The van der Waals surface area contributed by atoms with E-state index in [0.29, 0.717) is 11.6 Å². The lowest BCUT2D eigenvalue weighted by molar-refractivity contribution is 0.252. The van der Waals surface area contributed by atoms with E-state index in [1.165, 1.54) is 0 Å². The molecule has 2 amide bonds. The highest BCUT2D eigenvalue weighted by Crippen LogP contribution is 2.33. The van der Waals surface area contributed by atoms with Crippen molar-refractivity contribution in [3.8, 4) is 0 Å². The molecule has 0 bridgehead atoms. The van der Waals surface area contributed by atoms with Crippen molar-refractivity contribution in [2.45, 2.75) is 16.2 Å². The van der Waals surface area contributed by atoms with E-state index >= 15 is 0 Å². The van der Waals surface area contributed by atoms with E-state index in [0.717, 1.165) is 27.5 Å². The van der Waals surface area contributed by atoms with E-state index in [1.54, 1.807) is 11.8 Å². The predicted molar refractivity (Wildman–Crippen MR) is 109 cm³/mol. The summed E-state index contributed by atoms with van der Waals surface area (Å²) in [6.45, 7) is 0.557. The molecule has 0 spiro atoms. The van der Waals surface area contributed by atoms with Gasteiger partial charge in [0.05, 0.1) is 5.69 Å². The Kier molecular flexibility index (Phi) is 6.58. The lowest BCUT2D eigenvalue weighted by atomic mass is 10.1. The summed E-state index contributed by atoms with van der Waals surface area (Å²) in [6, 6.07) is 25.3. The Hall–Kier alpha value is -2.43. The topological polar surface area (TPSA) is 41.1 Å². The average molecular weight is 383 g/mol. The summed E-state index contributed by atoms with van der Waals surface area (Å²) in [7, 11) is 0. The second kappa shape index (κ2) is 9.32. The molecule has 3 aromatic carbocycles. The first-order chi connectivity index (χ1) is 12.7. The molecular formula is C21H19ClN2OS. The molecule has 132 valence electrons. The maximum atomic E-state index is 12.2. The van der Waals surface area contributed by atoms with Crippen LogP contribution in [0.5, 0.6) is 0 Å². The third-order valence-corrected chi connectivity index (χ3v) is 5.05. The Morgan fingerprint density at radius 1 is 0.885 bits per heavy atom. The van der Waals surface area contributed by atoms with Crippen molar-refractivity contribution in [2.24, 2.45) is 0 Å². The molecule has 0 aliphatic rings. The molecule has 3 rings (SSSR count). The summed E-state index contributed by atoms with van der Waals surface area (Å²) in [6.07, 6.45) is 0.755. The highest BCUT2D eigenvalue weighted by Gasteiger charge is 2.07. The standard InChI is InChI=1S/C21H19ClN2OS/c22-17-12-10-16(11-13-17)14-15-23-21(25)24-19-8-4-5-9-20(19)26-18-6-2-1-3-7-18/h1-13H,14-15H2,(H2,23,24,25). The molecule has 0 heterocycles. The van der Waals surface area contributed by atoms with Crippen molar-refractivity contribution in [1.82, 2.24) is 5.32 Å². The van der Waals surface area contributed by atoms with Crippen molar-refractivity contribution < 1.29 is 4.79 Å². The first kappa shape index (κ1) is 18.4. The molecular weight excluding hydrogens is 364 g/mol. The van der Waals surface area contributed by atoms with Crippen LogP contribution < -0.4 is 10.6 Å². The van der Waals surface area contributed by atoms with E-state index in [1.807, 2.05) is 78.9 Å². The monoisotopic (exact) mass is 382 g/mol. The van der Waals surface area contributed by atoms with E-state index in [9.17, 15) is 4.79 Å². The van der Waals surface area contributed by atoms with Crippen LogP contribution in [-0.4, -0.2) is 12.6 Å². The van der Waals surface area contributed by atoms with Gasteiger partial charge in [-0.25, -0.2) is 4.79 Å². The Bertz CT molecular complexity index is 853. The number of halogens is 1. The van der Waals surface area contributed by atoms with Crippen molar-refractivity contribution >= 4 is 35.1 Å². The number of carbonyl (C=O) groups excluding carboxylic acids is 1. The number of anilines is 1. The van der Waals surface area contributed by atoms with Gasteiger partial charge in [0.25, 0.3) is 0 Å². The Morgan fingerprint density at radius 2 is 1.58 bits per heavy atom. The van der Waals surface area contributed by atoms with Crippen LogP contribution in [0, 0.1) is 0 Å². The van der Waals surface area contributed by atoms with Gasteiger partial charge in [-0.1, -0.05) is 65.8 Å². The van der Waals surface area contributed by atoms with Gasteiger partial charge in [0, 0.05) is 21.4 Å². The molecule has 5 heteroatoms. The smallest absolute Gasteiger partial charge is 0.319 e. The highest BCUT2D eigenvalue weighted by molar-refractivity contribution is 7.99. The van der Waals surface area contributed by atoms with Gasteiger partial charge >= 0.3 is 6.03 Å². The van der Waals surface area contributed by atoms with Crippen LogP contribution in [-0.2, 0) is 6.42 Å². The van der Waals surface area contributed by atoms with Crippen molar-refractivity contribution in [3.63, 3.8) is 0 Å². The summed E-state index contributed by atoms with van der Waals surface area (Å²) in [5, 5.41) is 6.54. The van der Waals surface area contributed by atoms with E-state index in [2.05, 4.69) is 10.6 Å². The largest absolute Gasteiger partial charge is 0.338 e. The minimum atomic E-state index is -0.208. The maximum absolute atomic E-state index is 12.2. The van der Waals surface area contributed by atoms with E-state index < -0.39 is 0 Å². The Balaban J connectivity index is 1.55. The van der Waals surface area contributed by atoms with Crippen LogP contribution in [0.3, 0.4) is 0 Å². The first-order valence-corrected chi connectivity index (χ1v) is 9.51. The van der Waals surface area contributed by atoms with Gasteiger partial charge in [0.1, 0.15) is 0 Å². The Labute approximate surface area is 162 Å². The van der Waals surface area contributed by atoms with Crippen LogP contribution in [0.4, 0.5) is 10.5 Å². The van der Waals surface area contributed by atoms with Crippen LogP contribution in [0.1, 0.15) is 5.56 Å². The summed E-state index contributed by atoms with van der Waals surface area (Å²) in [5.41, 5.74) is 1.93. The predicted octanol–water partition coefficient (Wildman–Crippen LogP) is 5.86. The molecule has 0 aliphatic heterocycles. The molecule has 0 fully saturated rings. The van der Waals surface area contributed by atoms with E-state index in [4.69, 9.17) is 11.6 Å². The third-order valence-electron chi connectivity index (χ3n) is 3.72. The fourth-order valence-corrected chi connectivity index (χ4v) is 3.46. The SMILES string of the molecule is O=C(NCCc1ccc(Cl)cc1)Nc1ccccc1Sc1ccccc1. The van der Waals surface area contributed by atoms with Gasteiger partial charge in [0.15, 0.2) is 0 Å². The van der Waals surface area contributed by atoms with E-state index in [-0.39, 0.29) is 6.03 Å². The molecule has 26 heavy (non-hydrogen) atoms. The van der Waals surface area contributed by atoms with Gasteiger partial charge in [-0.3, -0.25) is 0 Å².